The molecule has 0 N–H and O–H groups in total. The van der Waals surface area contributed by atoms with Crippen LogP contribution in [0.5, 0.6) is 0 Å². The first-order chi connectivity index (χ1) is 8.39. The Kier molecular flexibility index (Phi) is 2.31. The summed E-state index contributed by atoms with van der Waals surface area (Å²) >= 11 is 0. The summed E-state index contributed by atoms with van der Waals surface area (Å²) in [4.78, 5) is 0. The molecule has 93 valence electrons. The summed E-state index contributed by atoms with van der Waals surface area (Å²) in [5.74, 6) is 0. The second-order valence-electron chi connectivity index (χ2n) is 5.63. The molecule has 1 radical (unpaired) electrons. The molecule has 2 heterocycles. The molecular formula is C12H15BN3O2. The number of hydrogen-bond acceptors (Lipinski definition) is 4. The first kappa shape index (κ1) is 11.7. The maximum Gasteiger partial charge on any atom is 0.494 e. The third-order valence-corrected chi connectivity index (χ3v) is 3.83. The third kappa shape index (κ3) is 1.64. The van der Waals surface area contributed by atoms with E-state index in [-0.39, 0.29) is 18.3 Å². The van der Waals surface area contributed by atoms with Crippen molar-refractivity contribution in [2.75, 3.05) is 0 Å². The lowest BCUT2D eigenvalue weighted by atomic mass is 9.79. The van der Waals surface area contributed by atoms with Crippen LogP contribution in [-0.2, 0) is 9.31 Å². The maximum atomic E-state index is 5.98. The predicted octanol–water partition coefficient (Wildman–Crippen LogP) is 2.23. The van der Waals surface area contributed by atoms with Crippen molar-refractivity contribution in [1.82, 2.24) is 5.43 Å². The lowest BCUT2D eigenvalue weighted by Crippen LogP contribution is -2.41. The topological polar surface area (TPSA) is 57.3 Å². The van der Waals surface area contributed by atoms with E-state index in [4.69, 9.17) is 9.31 Å². The zero-order chi connectivity index (χ0) is 13.0. The van der Waals surface area contributed by atoms with Crippen LogP contribution >= 0.6 is 0 Å². The summed E-state index contributed by atoms with van der Waals surface area (Å²) in [6.45, 7) is 8.15. The fraction of sp³-hybridized carbons (Fsp3) is 0.500. The molecule has 0 atom stereocenters. The van der Waals surface area contributed by atoms with Crippen molar-refractivity contribution in [2.24, 2.45) is 10.3 Å². The van der Waals surface area contributed by atoms with E-state index in [2.05, 4.69) is 15.8 Å². The molecule has 0 amide bonds. The van der Waals surface area contributed by atoms with E-state index in [1.165, 1.54) is 0 Å². The van der Waals surface area contributed by atoms with Gasteiger partial charge in [-0.2, -0.15) is 0 Å². The molecule has 1 aromatic rings. The van der Waals surface area contributed by atoms with Gasteiger partial charge < -0.3 is 9.31 Å². The van der Waals surface area contributed by atoms with Crippen molar-refractivity contribution >= 4 is 24.0 Å². The van der Waals surface area contributed by atoms with Crippen LogP contribution in [0.4, 0.5) is 11.4 Å². The van der Waals surface area contributed by atoms with Gasteiger partial charge in [-0.1, -0.05) is 6.07 Å². The monoisotopic (exact) mass is 244 g/mol. The van der Waals surface area contributed by atoms with Crippen molar-refractivity contribution in [3.8, 4) is 0 Å². The lowest BCUT2D eigenvalue weighted by Gasteiger charge is -2.32. The highest BCUT2D eigenvalue weighted by Crippen LogP contribution is 2.37. The highest BCUT2D eigenvalue weighted by atomic mass is 16.7. The second kappa shape index (κ2) is 3.55. The highest BCUT2D eigenvalue weighted by molar-refractivity contribution is 6.62. The Labute approximate surface area is 107 Å². The molecule has 2 aliphatic rings. The predicted molar refractivity (Wildman–Crippen MR) is 68.5 cm³/mol. The van der Waals surface area contributed by atoms with Crippen molar-refractivity contribution in [3.05, 3.63) is 18.2 Å². The largest absolute Gasteiger partial charge is 0.494 e. The van der Waals surface area contributed by atoms with Crippen LogP contribution < -0.4 is 10.9 Å². The van der Waals surface area contributed by atoms with E-state index in [9.17, 15) is 0 Å². The van der Waals surface area contributed by atoms with Crippen LogP contribution in [0.15, 0.2) is 28.5 Å². The number of hydrogen-bond donors (Lipinski definition) is 0. The zero-order valence-corrected chi connectivity index (χ0v) is 11.0. The molecule has 2 aliphatic heterocycles. The SMILES string of the molecule is CC1(C)OB(c2ccc3c(c2)[N]N=N3)OC1(C)C. The average Bonchev–Trinajstić information content (AvgIpc) is 2.80. The average molecular weight is 244 g/mol. The van der Waals surface area contributed by atoms with E-state index in [1.807, 2.05) is 45.9 Å². The van der Waals surface area contributed by atoms with Crippen LogP contribution in [0.1, 0.15) is 27.7 Å². The van der Waals surface area contributed by atoms with Crippen molar-refractivity contribution in [1.29, 1.82) is 0 Å². The highest BCUT2D eigenvalue weighted by Gasteiger charge is 2.51. The molecule has 0 unspecified atom stereocenters. The summed E-state index contributed by atoms with van der Waals surface area (Å²) < 4.78 is 12.0. The molecule has 0 spiro atoms. The van der Waals surface area contributed by atoms with Gasteiger partial charge in [-0.05, 0) is 50.5 Å². The minimum absolute atomic E-state index is 0.331. The first-order valence-electron chi connectivity index (χ1n) is 6.00. The summed E-state index contributed by atoms with van der Waals surface area (Å²) in [6, 6.07) is 5.74. The molecule has 0 saturated carbocycles. The van der Waals surface area contributed by atoms with Crippen molar-refractivity contribution in [2.45, 2.75) is 38.9 Å². The smallest absolute Gasteiger partial charge is 0.399 e. The zero-order valence-electron chi connectivity index (χ0n) is 11.0. The number of nitrogens with zero attached hydrogens (tertiary/aromatic N) is 3. The van der Waals surface area contributed by atoms with Crippen LogP contribution in [0.2, 0.25) is 0 Å². The maximum absolute atomic E-state index is 5.98. The van der Waals surface area contributed by atoms with Crippen molar-refractivity contribution < 1.29 is 9.31 Å². The van der Waals surface area contributed by atoms with E-state index < -0.39 is 0 Å². The van der Waals surface area contributed by atoms with Gasteiger partial charge in [0.1, 0.15) is 11.4 Å². The molecule has 1 aromatic carbocycles. The van der Waals surface area contributed by atoms with Gasteiger partial charge in [-0.25, -0.2) is 0 Å². The van der Waals surface area contributed by atoms with Gasteiger partial charge in [0.05, 0.1) is 11.2 Å². The molecular weight excluding hydrogens is 229 g/mol. The first-order valence-corrected chi connectivity index (χ1v) is 6.00. The normalized spacial score (nSPS) is 23.0. The van der Waals surface area contributed by atoms with Gasteiger partial charge in [0.15, 0.2) is 0 Å². The number of benzene rings is 1. The minimum atomic E-state index is -0.365. The minimum Gasteiger partial charge on any atom is -0.399 e. The summed E-state index contributed by atoms with van der Waals surface area (Å²) in [6.07, 6.45) is 0. The number of fused-ring (bicyclic) bond motifs is 1. The van der Waals surface area contributed by atoms with E-state index in [1.54, 1.807) is 0 Å². The van der Waals surface area contributed by atoms with Crippen LogP contribution in [0.3, 0.4) is 0 Å². The van der Waals surface area contributed by atoms with Gasteiger partial charge in [0, 0.05) is 0 Å². The number of rotatable bonds is 1. The van der Waals surface area contributed by atoms with Crippen LogP contribution in [0.25, 0.3) is 0 Å². The fourth-order valence-corrected chi connectivity index (χ4v) is 1.95. The van der Waals surface area contributed by atoms with Gasteiger partial charge in [0.2, 0.25) is 0 Å². The van der Waals surface area contributed by atoms with Gasteiger partial charge in [0.25, 0.3) is 0 Å². The Balaban J connectivity index is 1.90. The van der Waals surface area contributed by atoms with E-state index >= 15 is 0 Å². The molecule has 1 fully saturated rings. The quantitative estimate of drug-likeness (QED) is 0.711. The Morgan fingerprint density at radius 3 is 2.33 bits per heavy atom. The Bertz CT molecular complexity index is 512. The fourth-order valence-electron chi connectivity index (χ4n) is 1.95. The second-order valence-corrected chi connectivity index (χ2v) is 5.63. The molecule has 3 rings (SSSR count). The molecule has 18 heavy (non-hydrogen) atoms. The van der Waals surface area contributed by atoms with Crippen LogP contribution in [-0.4, -0.2) is 18.3 Å². The van der Waals surface area contributed by atoms with E-state index in [0.717, 1.165) is 16.8 Å². The lowest BCUT2D eigenvalue weighted by molar-refractivity contribution is 0.00578. The Morgan fingerprint density at radius 2 is 1.67 bits per heavy atom. The van der Waals surface area contributed by atoms with E-state index in [0.29, 0.717) is 0 Å². The van der Waals surface area contributed by atoms with Gasteiger partial charge in [-0.3, -0.25) is 0 Å². The molecule has 0 bridgehead atoms. The molecule has 5 nitrogen and oxygen atoms in total. The Hall–Kier alpha value is -1.40. The molecule has 1 saturated heterocycles. The summed E-state index contributed by atoms with van der Waals surface area (Å²) in [7, 11) is -0.365. The standard InChI is InChI=1S/C12H15BN3O2/c1-11(2)12(3,4)18-13(17-11)8-5-6-9-10(7-8)15-16-14-9/h5-7H,1-4H3. The molecule has 0 aliphatic carbocycles. The molecule has 6 heteroatoms. The summed E-state index contributed by atoms with van der Waals surface area (Å²) in [5, 5.41) is 7.55. The van der Waals surface area contributed by atoms with Gasteiger partial charge >= 0.3 is 7.12 Å². The van der Waals surface area contributed by atoms with Crippen LogP contribution in [0, 0.1) is 0 Å². The summed E-state index contributed by atoms with van der Waals surface area (Å²) in [5.41, 5.74) is 5.79. The Morgan fingerprint density at radius 1 is 1.00 bits per heavy atom. The third-order valence-electron chi connectivity index (χ3n) is 3.83. The van der Waals surface area contributed by atoms with Gasteiger partial charge in [-0.15, -0.1) is 10.5 Å². The molecule has 0 aromatic heterocycles. The van der Waals surface area contributed by atoms with Crippen molar-refractivity contribution in [3.63, 3.8) is 0 Å².